The van der Waals surface area contributed by atoms with E-state index >= 15 is 0 Å². The van der Waals surface area contributed by atoms with Crippen LogP contribution in [0.25, 0.3) is 0 Å². The number of aliphatic carboxylic acids is 1. The first kappa shape index (κ1) is 14.5. The molecule has 1 N–H and O–H groups in total. The van der Waals surface area contributed by atoms with Crippen molar-refractivity contribution in [1.29, 1.82) is 0 Å². The Morgan fingerprint density at radius 2 is 2.20 bits per heavy atom. The molecule has 1 aliphatic heterocycles. The van der Waals surface area contributed by atoms with E-state index in [4.69, 9.17) is 9.84 Å². The summed E-state index contributed by atoms with van der Waals surface area (Å²) in [5, 5.41) is 8.73. The van der Waals surface area contributed by atoms with Crippen LogP contribution in [-0.2, 0) is 20.9 Å². The van der Waals surface area contributed by atoms with Crippen LogP contribution in [0.4, 0.5) is 4.39 Å². The molecule has 2 rings (SSSR count). The average Bonchev–Trinajstić information content (AvgIpc) is 2.41. The van der Waals surface area contributed by atoms with Gasteiger partial charge < -0.3 is 14.7 Å². The van der Waals surface area contributed by atoms with Crippen molar-refractivity contribution in [3.63, 3.8) is 0 Å². The minimum absolute atomic E-state index is 0.0436. The Morgan fingerprint density at radius 3 is 2.90 bits per heavy atom. The average molecular weight is 281 g/mol. The van der Waals surface area contributed by atoms with E-state index < -0.39 is 5.97 Å². The Labute approximate surface area is 116 Å². The molecule has 108 valence electrons. The highest BCUT2D eigenvalue weighted by Gasteiger charge is 2.29. The molecule has 0 aliphatic carbocycles. The van der Waals surface area contributed by atoms with Gasteiger partial charge in [-0.2, -0.15) is 0 Å². The second-order valence-electron chi connectivity index (χ2n) is 4.71. The number of benzene rings is 1. The maximum Gasteiger partial charge on any atom is 0.303 e. The van der Waals surface area contributed by atoms with Crippen LogP contribution < -0.4 is 0 Å². The molecule has 1 atom stereocenters. The van der Waals surface area contributed by atoms with Crippen LogP contribution in [0.5, 0.6) is 0 Å². The van der Waals surface area contributed by atoms with Crippen molar-refractivity contribution >= 4 is 11.9 Å². The molecule has 1 heterocycles. The fraction of sp³-hybridized carbons (Fsp3) is 0.429. The first-order valence-corrected chi connectivity index (χ1v) is 6.40. The predicted molar refractivity (Wildman–Crippen MR) is 68.4 cm³/mol. The van der Waals surface area contributed by atoms with Gasteiger partial charge in [0.05, 0.1) is 12.6 Å². The molecule has 1 aromatic rings. The molecule has 1 unspecified atom stereocenters. The molecular weight excluding hydrogens is 265 g/mol. The summed E-state index contributed by atoms with van der Waals surface area (Å²) in [6.45, 7) is 0.380. The van der Waals surface area contributed by atoms with E-state index in [0.29, 0.717) is 12.0 Å². The Balaban J connectivity index is 2.09. The number of rotatable bonds is 5. The van der Waals surface area contributed by atoms with Gasteiger partial charge in [0, 0.05) is 18.5 Å². The van der Waals surface area contributed by atoms with Crippen LogP contribution in [0.1, 0.15) is 18.4 Å². The summed E-state index contributed by atoms with van der Waals surface area (Å²) in [5.41, 5.74) is 0.420. The number of amides is 1. The van der Waals surface area contributed by atoms with Crippen LogP contribution in [-0.4, -0.2) is 41.1 Å². The Morgan fingerprint density at radius 1 is 1.45 bits per heavy atom. The van der Waals surface area contributed by atoms with E-state index in [2.05, 4.69) is 0 Å². The third-order valence-corrected chi connectivity index (χ3v) is 3.29. The molecule has 0 radical (unpaired) electrons. The van der Waals surface area contributed by atoms with Crippen molar-refractivity contribution in [2.75, 3.05) is 13.2 Å². The number of carboxylic acid groups (broad SMARTS) is 1. The van der Waals surface area contributed by atoms with E-state index in [0.717, 1.165) is 0 Å². The van der Waals surface area contributed by atoms with E-state index in [1.54, 1.807) is 18.2 Å². The monoisotopic (exact) mass is 281 g/mol. The van der Waals surface area contributed by atoms with Crippen molar-refractivity contribution in [2.24, 2.45) is 0 Å². The first-order chi connectivity index (χ1) is 9.58. The lowest BCUT2D eigenvalue weighted by Crippen LogP contribution is -2.49. The maximum atomic E-state index is 13.6. The first-order valence-electron chi connectivity index (χ1n) is 6.40. The van der Waals surface area contributed by atoms with Gasteiger partial charge in [0.2, 0.25) is 5.91 Å². The number of ether oxygens (including phenoxy) is 1. The molecule has 6 heteroatoms. The van der Waals surface area contributed by atoms with Gasteiger partial charge in [-0.1, -0.05) is 18.2 Å². The number of carboxylic acids is 1. The molecule has 5 nitrogen and oxygen atoms in total. The topological polar surface area (TPSA) is 66.8 Å². The molecule has 0 spiro atoms. The van der Waals surface area contributed by atoms with Gasteiger partial charge in [0.25, 0.3) is 0 Å². The zero-order valence-corrected chi connectivity index (χ0v) is 10.9. The third-order valence-electron chi connectivity index (χ3n) is 3.29. The lowest BCUT2D eigenvalue weighted by atomic mass is 10.1. The van der Waals surface area contributed by atoms with E-state index in [1.807, 2.05) is 0 Å². The van der Waals surface area contributed by atoms with Gasteiger partial charge in [0.15, 0.2) is 0 Å². The molecule has 1 saturated heterocycles. The van der Waals surface area contributed by atoms with Crippen molar-refractivity contribution in [3.05, 3.63) is 35.6 Å². The Hall–Kier alpha value is -1.95. The molecule has 1 aromatic carbocycles. The number of hydrogen-bond donors (Lipinski definition) is 1. The lowest BCUT2D eigenvalue weighted by Gasteiger charge is -2.35. The predicted octanol–water partition coefficient (Wildman–Crippen LogP) is 1.42. The summed E-state index contributed by atoms with van der Waals surface area (Å²) in [4.78, 5) is 24.0. The van der Waals surface area contributed by atoms with E-state index in [9.17, 15) is 14.0 Å². The SMILES string of the molecule is O=C(O)CCC1COCC(=O)N1Cc1ccccc1F. The molecule has 0 bridgehead atoms. The smallest absolute Gasteiger partial charge is 0.303 e. The zero-order valence-electron chi connectivity index (χ0n) is 10.9. The van der Waals surface area contributed by atoms with Gasteiger partial charge in [-0.3, -0.25) is 9.59 Å². The van der Waals surface area contributed by atoms with Gasteiger partial charge in [-0.25, -0.2) is 4.39 Å². The summed E-state index contributed by atoms with van der Waals surface area (Å²) in [6.07, 6.45) is 0.255. The minimum Gasteiger partial charge on any atom is -0.481 e. The van der Waals surface area contributed by atoms with Crippen LogP contribution in [0.2, 0.25) is 0 Å². The van der Waals surface area contributed by atoms with Gasteiger partial charge >= 0.3 is 5.97 Å². The van der Waals surface area contributed by atoms with Crippen LogP contribution >= 0.6 is 0 Å². The lowest BCUT2D eigenvalue weighted by molar-refractivity contribution is -0.151. The summed E-state index contributed by atoms with van der Waals surface area (Å²) >= 11 is 0. The number of halogens is 1. The van der Waals surface area contributed by atoms with Gasteiger partial charge in [-0.15, -0.1) is 0 Å². The molecular formula is C14H16FNO4. The molecule has 1 fully saturated rings. The zero-order chi connectivity index (χ0) is 14.5. The standard InChI is InChI=1S/C14H16FNO4/c15-12-4-2-1-3-10(12)7-16-11(5-6-14(18)19)8-20-9-13(16)17/h1-4,11H,5-9H2,(H,18,19). The molecule has 0 saturated carbocycles. The quantitative estimate of drug-likeness (QED) is 0.886. The summed E-state index contributed by atoms with van der Waals surface area (Å²) in [5.74, 6) is -1.53. The Kier molecular flexibility index (Phi) is 4.68. The third kappa shape index (κ3) is 3.54. The number of hydrogen-bond acceptors (Lipinski definition) is 3. The molecule has 1 amide bonds. The second-order valence-corrected chi connectivity index (χ2v) is 4.71. The number of morpholine rings is 1. The van der Waals surface area contributed by atoms with Crippen LogP contribution in [0, 0.1) is 5.82 Å². The van der Waals surface area contributed by atoms with Gasteiger partial charge in [-0.05, 0) is 12.5 Å². The normalized spacial score (nSPS) is 19.1. The van der Waals surface area contributed by atoms with Crippen LogP contribution in [0.3, 0.4) is 0 Å². The van der Waals surface area contributed by atoms with E-state index in [1.165, 1.54) is 11.0 Å². The van der Waals surface area contributed by atoms with Crippen LogP contribution in [0.15, 0.2) is 24.3 Å². The van der Waals surface area contributed by atoms with Crippen molar-refractivity contribution < 1.29 is 23.8 Å². The molecule has 1 aliphatic rings. The molecule has 0 aromatic heterocycles. The van der Waals surface area contributed by atoms with Crippen molar-refractivity contribution in [2.45, 2.75) is 25.4 Å². The summed E-state index contributed by atoms with van der Waals surface area (Å²) < 4.78 is 18.8. The largest absolute Gasteiger partial charge is 0.481 e. The van der Waals surface area contributed by atoms with E-state index in [-0.39, 0.29) is 43.9 Å². The minimum atomic E-state index is -0.922. The molecule has 20 heavy (non-hydrogen) atoms. The fourth-order valence-corrected chi connectivity index (χ4v) is 2.22. The second kappa shape index (κ2) is 6.47. The van der Waals surface area contributed by atoms with Gasteiger partial charge in [0.1, 0.15) is 12.4 Å². The Bertz CT molecular complexity index is 506. The summed E-state index contributed by atoms with van der Waals surface area (Å²) in [6, 6.07) is 5.92. The number of carbonyl (C=O) groups excluding carboxylic acids is 1. The van der Waals surface area contributed by atoms with Crippen molar-refractivity contribution in [3.8, 4) is 0 Å². The highest BCUT2D eigenvalue weighted by atomic mass is 19.1. The highest BCUT2D eigenvalue weighted by Crippen LogP contribution is 2.18. The number of carbonyl (C=O) groups is 2. The maximum absolute atomic E-state index is 13.6. The van der Waals surface area contributed by atoms with Crippen molar-refractivity contribution in [1.82, 2.24) is 4.90 Å². The fourth-order valence-electron chi connectivity index (χ4n) is 2.22. The highest BCUT2D eigenvalue weighted by molar-refractivity contribution is 5.78. The number of nitrogens with zero attached hydrogens (tertiary/aromatic N) is 1. The summed E-state index contributed by atoms with van der Waals surface area (Å²) in [7, 11) is 0.